The van der Waals surface area contributed by atoms with E-state index in [2.05, 4.69) is 47.8 Å². The first-order chi connectivity index (χ1) is 10.3. The van der Waals surface area contributed by atoms with Crippen molar-refractivity contribution in [1.82, 2.24) is 5.32 Å². The minimum Gasteiger partial charge on any atom is -0.494 e. The second kappa shape index (κ2) is 6.31. The van der Waals surface area contributed by atoms with E-state index in [1.807, 2.05) is 20.0 Å². The lowest BCUT2D eigenvalue weighted by Gasteiger charge is -2.33. The number of nitrogens with one attached hydrogen (secondary N) is 1. The summed E-state index contributed by atoms with van der Waals surface area (Å²) in [6.45, 7) is 2.73. The van der Waals surface area contributed by atoms with Crippen LogP contribution in [0.15, 0.2) is 48.5 Å². The summed E-state index contributed by atoms with van der Waals surface area (Å²) in [6.07, 6.45) is 2.35. The highest BCUT2D eigenvalue weighted by Crippen LogP contribution is 2.40. The molecule has 0 radical (unpaired) electrons. The number of benzene rings is 2. The summed E-state index contributed by atoms with van der Waals surface area (Å²) in [5.41, 5.74) is 4.35. The zero-order chi connectivity index (χ0) is 14.7. The molecule has 2 unspecified atom stereocenters. The fraction of sp³-hybridized carbons (Fsp3) is 0.368. The summed E-state index contributed by atoms with van der Waals surface area (Å²) in [7, 11) is 2.04. The van der Waals surface area contributed by atoms with Crippen LogP contribution in [0, 0.1) is 0 Å². The lowest BCUT2D eigenvalue weighted by atomic mass is 9.74. The van der Waals surface area contributed by atoms with Gasteiger partial charge < -0.3 is 10.1 Å². The van der Waals surface area contributed by atoms with Gasteiger partial charge in [-0.15, -0.1) is 0 Å². The van der Waals surface area contributed by atoms with Gasteiger partial charge in [0.25, 0.3) is 0 Å². The second-order valence-corrected chi connectivity index (χ2v) is 5.68. The Morgan fingerprint density at radius 3 is 2.81 bits per heavy atom. The number of hydrogen-bond donors (Lipinski definition) is 1. The molecule has 0 aromatic heterocycles. The number of fused-ring (bicyclic) bond motifs is 1. The van der Waals surface area contributed by atoms with E-state index in [1.165, 1.54) is 23.1 Å². The summed E-state index contributed by atoms with van der Waals surface area (Å²) in [5, 5.41) is 3.46. The molecule has 2 heteroatoms. The number of hydrogen-bond acceptors (Lipinski definition) is 2. The maximum absolute atomic E-state index is 5.61. The van der Waals surface area contributed by atoms with Crippen LogP contribution < -0.4 is 10.1 Å². The van der Waals surface area contributed by atoms with Gasteiger partial charge >= 0.3 is 0 Å². The van der Waals surface area contributed by atoms with E-state index in [1.54, 1.807) is 0 Å². The predicted octanol–water partition coefficient (Wildman–Crippen LogP) is 4.08. The molecule has 110 valence electrons. The number of rotatable bonds is 6. The standard InChI is InChI=1S/C19H23NO/c1-3-21-17-9-6-8-15(12-17)19(20-2)13-16-11-14-7-4-5-10-18(14)16/h4-10,12,16,19-20H,3,11,13H2,1-2H3. The zero-order valence-electron chi connectivity index (χ0n) is 12.8. The van der Waals surface area contributed by atoms with Crippen molar-refractivity contribution in [3.63, 3.8) is 0 Å². The van der Waals surface area contributed by atoms with Crippen LogP contribution in [0.3, 0.4) is 0 Å². The largest absolute Gasteiger partial charge is 0.494 e. The van der Waals surface area contributed by atoms with Gasteiger partial charge in [-0.1, -0.05) is 36.4 Å². The molecule has 0 spiro atoms. The molecule has 21 heavy (non-hydrogen) atoms. The molecule has 0 saturated carbocycles. The van der Waals surface area contributed by atoms with Crippen molar-refractivity contribution >= 4 is 0 Å². The molecular weight excluding hydrogens is 258 g/mol. The molecule has 0 amide bonds. The van der Waals surface area contributed by atoms with Gasteiger partial charge in [0.05, 0.1) is 6.61 Å². The summed E-state index contributed by atoms with van der Waals surface area (Å²) in [4.78, 5) is 0. The van der Waals surface area contributed by atoms with Gasteiger partial charge in [-0.25, -0.2) is 0 Å². The zero-order valence-corrected chi connectivity index (χ0v) is 12.8. The Balaban J connectivity index is 1.73. The normalized spacial score (nSPS) is 17.7. The van der Waals surface area contributed by atoms with Crippen LogP contribution in [-0.4, -0.2) is 13.7 Å². The molecule has 2 aromatic carbocycles. The Labute approximate surface area is 127 Å². The smallest absolute Gasteiger partial charge is 0.119 e. The van der Waals surface area contributed by atoms with Gasteiger partial charge in [-0.05, 0) is 61.6 Å². The molecule has 1 N–H and O–H groups in total. The SMILES string of the molecule is CCOc1cccc(C(CC2Cc3ccccc32)NC)c1. The Hall–Kier alpha value is -1.80. The summed E-state index contributed by atoms with van der Waals surface area (Å²) in [6, 6.07) is 17.6. The summed E-state index contributed by atoms with van der Waals surface area (Å²) < 4.78 is 5.61. The van der Waals surface area contributed by atoms with Crippen molar-refractivity contribution in [3.05, 3.63) is 65.2 Å². The second-order valence-electron chi connectivity index (χ2n) is 5.68. The number of ether oxygens (including phenoxy) is 1. The highest BCUT2D eigenvalue weighted by atomic mass is 16.5. The Bertz CT molecular complexity index is 608. The van der Waals surface area contributed by atoms with Crippen LogP contribution in [0.25, 0.3) is 0 Å². The van der Waals surface area contributed by atoms with E-state index in [-0.39, 0.29) is 0 Å². The van der Waals surface area contributed by atoms with Crippen molar-refractivity contribution in [3.8, 4) is 5.75 Å². The van der Waals surface area contributed by atoms with Crippen LogP contribution in [0.5, 0.6) is 5.75 Å². The average molecular weight is 281 g/mol. The third-order valence-electron chi connectivity index (χ3n) is 4.40. The van der Waals surface area contributed by atoms with E-state index in [4.69, 9.17) is 4.74 Å². The quantitative estimate of drug-likeness (QED) is 0.861. The van der Waals surface area contributed by atoms with E-state index >= 15 is 0 Å². The Morgan fingerprint density at radius 1 is 1.19 bits per heavy atom. The van der Waals surface area contributed by atoms with Crippen molar-refractivity contribution in [2.24, 2.45) is 0 Å². The average Bonchev–Trinajstić information content (AvgIpc) is 2.49. The van der Waals surface area contributed by atoms with E-state index in [9.17, 15) is 0 Å². The van der Waals surface area contributed by atoms with Gasteiger partial charge in [0.1, 0.15) is 5.75 Å². The van der Waals surface area contributed by atoms with Gasteiger partial charge in [0.2, 0.25) is 0 Å². The molecular formula is C19H23NO. The third-order valence-corrected chi connectivity index (χ3v) is 4.40. The summed E-state index contributed by atoms with van der Waals surface area (Å²) in [5.74, 6) is 1.64. The molecule has 2 atom stereocenters. The minimum absolute atomic E-state index is 0.378. The van der Waals surface area contributed by atoms with Crippen molar-refractivity contribution in [2.45, 2.75) is 31.7 Å². The Morgan fingerprint density at radius 2 is 2.05 bits per heavy atom. The van der Waals surface area contributed by atoms with Crippen LogP contribution in [0.4, 0.5) is 0 Å². The van der Waals surface area contributed by atoms with Crippen LogP contribution in [0.1, 0.15) is 42.0 Å². The van der Waals surface area contributed by atoms with Crippen LogP contribution in [0.2, 0.25) is 0 Å². The van der Waals surface area contributed by atoms with Crippen molar-refractivity contribution in [1.29, 1.82) is 0 Å². The van der Waals surface area contributed by atoms with Gasteiger partial charge in [0, 0.05) is 6.04 Å². The van der Waals surface area contributed by atoms with Gasteiger partial charge in [0.15, 0.2) is 0 Å². The fourth-order valence-electron chi connectivity index (χ4n) is 3.27. The molecule has 0 saturated heterocycles. The van der Waals surface area contributed by atoms with E-state index < -0.39 is 0 Å². The highest BCUT2D eigenvalue weighted by Gasteiger charge is 2.28. The predicted molar refractivity (Wildman–Crippen MR) is 86.9 cm³/mol. The highest BCUT2D eigenvalue weighted by molar-refractivity contribution is 5.40. The molecule has 2 nitrogen and oxygen atoms in total. The lowest BCUT2D eigenvalue weighted by Crippen LogP contribution is -2.25. The topological polar surface area (TPSA) is 21.3 Å². The fourth-order valence-corrected chi connectivity index (χ4v) is 3.27. The molecule has 0 heterocycles. The lowest BCUT2D eigenvalue weighted by molar-refractivity contribution is 0.339. The monoisotopic (exact) mass is 281 g/mol. The first kappa shape index (κ1) is 14.2. The van der Waals surface area contributed by atoms with E-state index in [0.717, 1.165) is 12.2 Å². The van der Waals surface area contributed by atoms with Gasteiger partial charge in [-0.3, -0.25) is 0 Å². The minimum atomic E-state index is 0.378. The first-order valence-corrected chi connectivity index (χ1v) is 7.79. The van der Waals surface area contributed by atoms with Crippen LogP contribution >= 0.6 is 0 Å². The maximum atomic E-state index is 5.61. The Kier molecular flexibility index (Phi) is 4.26. The first-order valence-electron chi connectivity index (χ1n) is 7.79. The molecule has 2 aromatic rings. The van der Waals surface area contributed by atoms with Crippen molar-refractivity contribution in [2.75, 3.05) is 13.7 Å². The van der Waals surface area contributed by atoms with Crippen LogP contribution in [-0.2, 0) is 6.42 Å². The molecule has 0 aliphatic heterocycles. The van der Waals surface area contributed by atoms with Crippen molar-refractivity contribution < 1.29 is 4.74 Å². The molecule has 3 rings (SSSR count). The third kappa shape index (κ3) is 2.96. The molecule has 0 bridgehead atoms. The maximum Gasteiger partial charge on any atom is 0.119 e. The molecule has 1 aliphatic carbocycles. The van der Waals surface area contributed by atoms with E-state index in [0.29, 0.717) is 18.6 Å². The molecule has 0 fully saturated rings. The van der Waals surface area contributed by atoms with Gasteiger partial charge in [-0.2, -0.15) is 0 Å². The molecule has 1 aliphatic rings. The summed E-state index contributed by atoms with van der Waals surface area (Å²) >= 11 is 0.